The number of nitrogens with zero attached hydrogens (tertiary/aromatic N) is 2. The average molecular weight is 457 g/mol. The fourth-order valence-corrected chi connectivity index (χ4v) is 9.03. The highest BCUT2D eigenvalue weighted by molar-refractivity contribution is 7.96. The Morgan fingerprint density at radius 3 is 1.90 bits per heavy atom. The molecule has 0 bridgehead atoms. The molecule has 162 valence electrons. The topological polar surface area (TPSA) is 74.8 Å². The van der Waals surface area contributed by atoms with Crippen LogP contribution in [0.2, 0.25) is 0 Å². The Kier molecular flexibility index (Phi) is 5.58. The molecule has 2 saturated heterocycles. The normalized spacial score (nSPS) is 24.8. The lowest BCUT2D eigenvalue weighted by Gasteiger charge is -2.40. The molecule has 2 heterocycles. The van der Waals surface area contributed by atoms with Gasteiger partial charge in [-0.15, -0.1) is 0 Å². The number of rotatable bonds is 4. The molecule has 0 aromatic heterocycles. The number of anilines is 1. The van der Waals surface area contributed by atoms with Crippen molar-refractivity contribution in [2.24, 2.45) is 0 Å². The first kappa shape index (κ1) is 21.2. The van der Waals surface area contributed by atoms with Gasteiger partial charge in [-0.1, -0.05) is 0 Å². The van der Waals surface area contributed by atoms with E-state index in [-0.39, 0.29) is 16.5 Å². The summed E-state index contributed by atoms with van der Waals surface area (Å²) in [5.74, 6) is -1.52. The van der Waals surface area contributed by atoms with Crippen LogP contribution in [0.5, 0.6) is 0 Å². The summed E-state index contributed by atoms with van der Waals surface area (Å²) in [4.78, 5) is 3.90. The van der Waals surface area contributed by atoms with E-state index in [1.807, 2.05) is 4.90 Å². The number of hydrogen-bond acceptors (Lipinski definition) is 6. The number of hydrogen-bond donors (Lipinski definition) is 0. The van der Waals surface area contributed by atoms with Crippen molar-refractivity contribution in [2.45, 2.75) is 16.2 Å². The van der Waals surface area contributed by atoms with Gasteiger partial charge in [-0.3, -0.25) is 4.90 Å². The molecule has 4 rings (SSSR count). The second-order valence-electron chi connectivity index (χ2n) is 7.68. The van der Waals surface area contributed by atoms with E-state index in [1.54, 1.807) is 12.1 Å². The molecule has 0 spiro atoms. The highest BCUT2D eigenvalue weighted by Gasteiger charge is 2.48. The van der Waals surface area contributed by atoms with E-state index < -0.39 is 42.5 Å². The van der Waals surface area contributed by atoms with Crippen molar-refractivity contribution in [1.82, 2.24) is 4.90 Å². The van der Waals surface area contributed by atoms with Crippen molar-refractivity contribution < 1.29 is 25.6 Å². The maximum absolute atomic E-state index is 13.2. The largest absolute Gasteiger partial charge is 0.369 e. The van der Waals surface area contributed by atoms with E-state index >= 15 is 0 Å². The van der Waals surface area contributed by atoms with Gasteiger partial charge in [0.25, 0.3) is 0 Å². The molecule has 2 atom stereocenters. The minimum absolute atomic E-state index is 0.0686. The lowest BCUT2D eigenvalue weighted by atomic mass is 10.1. The highest BCUT2D eigenvalue weighted by atomic mass is 32.2. The minimum Gasteiger partial charge on any atom is -0.369 e. The molecular weight excluding hydrogens is 434 g/mol. The SMILES string of the molecule is O=S1(=O)C[C@H](N2CCN(c3ccc(F)cc3)CC2)[C@@H](S(=O)(=O)c2ccc(F)cc2)C1. The van der Waals surface area contributed by atoms with Crippen LogP contribution in [0.4, 0.5) is 14.5 Å². The summed E-state index contributed by atoms with van der Waals surface area (Å²) in [5.41, 5.74) is 0.866. The maximum Gasteiger partial charge on any atom is 0.183 e. The van der Waals surface area contributed by atoms with E-state index in [0.717, 1.165) is 17.8 Å². The molecule has 2 aliphatic heterocycles. The standard InChI is InChI=1S/C20H22F2N2O4S2/c21-15-1-5-17(6-2-15)23-9-11-24(12-10-23)19-13-29(25,26)14-20(19)30(27,28)18-7-3-16(22)4-8-18/h1-8,19-20H,9-14H2/t19-,20-/m0/s1. The van der Waals surface area contributed by atoms with Crippen LogP contribution < -0.4 is 4.90 Å². The third kappa shape index (κ3) is 4.21. The van der Waals surface area contributed by atoms with Crippen molar-refractivity contribution in [2.75, 3.05) is 42.6 Å². The molecule has 0 aliphatic carbocycles. The fourth-order valence-electron chi connectivity index (χ4n) is 4.20. The Morgan fingerprint density at radius 2 is 1.33 bits per heavy atom. The van der Waals surface area contributed by atoms with Crippen molar-refractivity contribution in [3.05, 3.63) is 60.2 Å². The van der Waals surface area contributed by atoms with E-state index in [2.05, 4.69) is 4.90 Å². The van der Waals surface area contributed by atoms with Crippen molar-refractivity contribution in [1.29, 1.82) is 0 Å². The van der Waals surface area contributed by atoms with Gasteiger partial charge in [0.1, 0.15) is 11.6 Å². The molecule has 2 aromatic rings. The zero-order valence-corrected chi connectivity index (χ0v) is 17.7. The van der Waals surface area contributed by atoms with Gasteiger partial charge in [-0.05, 0) is 48.5 Å². The summed E-state index contributed by atoms with van der Waals surface area (Å²) in [7, 11) is -7.45. The van der Waals surface area contributed by atoms with Crippen molar-refractivity contribution >= 4 is 25.4 Å². The molecule has 6 nitrogen and oxygen atoms in total. The van der Waals surface area contributed by atoms with Crippen LogP contribution in [0.25, 0.3) is 0 Å². The van der Waals surface area contributed by atoms with Gasteiger partial charge in [-0.25, -0.2) is 25.6 Å². The molecule has 10 heteroatoms. The van der Waals surface area contributed by atoms with E-state index in [9.17, 15) is 25.6 Å². The van der Waals surface area contributed by atoms with Crippen LogP contribution in [0.15, 0.2) is 53.4 Å². The first-order chi connectivity index (χ1) is 14.2. The van der Waals surface area contributed by atoms with Gasteiger partial charge in [0.15, 0.2) is 19.7 Å². The molecule has 2 aliphatic rings. The van der Waals surface area contributed by atoms with Crippen molar-refractivity contribution in [3.8, 4) is 0 Å². The van der Waals surface area contributed by atoms with Gasteiger partial charge in [0.2, 0.25) is 0 Å². The van der Waals surface area contributed by atoms with Gasteiger partial charge in [-0.2, -0.15) is 0 Å². The zero-order valence-electron chi connectivity index (χ0n) is 16.1. The summed E-state index contributed by atoms with van der Waals surface area (Å²) in [6.45, 7) is 2.14. The third-order valence-corrected chi connectivity index (χ3v) is 9.92. The Labute approximate surface area is 174 Å². The lowest BCUT2D eigenvalue weighted by molar-refractivity contribution is 0.201. The van der Waals surface area contributed by atoms with Gasteiger partial charge >= 0.3 is 0 Å². The van der Waals surface area contributed by atoms with Crippen LogP contribution in [-0.2, 0) is 19.7 Å². The van der Waals surface area contributed by atoms with E-state index in [0.29, 0.717) is 26.2 Å². The Hall–Kier alpha value is -2.04. The van der Waals surface area contributed by atoms with E-state index in [1.165, 1.54) is 24.3 Å². The summed E-state index contributed by atoms with van der Waals surface area (Å²) >= 11 is 0. The second kappa shape index (κ2) is 7.90. The Balaban J connectivity index is 1.53. The third-order valence-electron chi connectivity index (χ3n) is 5.79. The highest BCUT2D eigenvalue weighted by Crippen LogP contribution is 2.30. The summed E-state index contributed by atoms with van der Waals surface area (Å²) in [6.07, 6.45) is 0. The molecule has 2 fully saturated rings. The summed E-state index contributed by atoms with van der Waals surface area (Å²) in [6, 6.07) is 9.98. The van der Waals surface area contributed by atoms with Crippen molar-refractivity contribution in [3.63, 3.8) is 0 Å². The first-order valence-corrected chi connectivity index (χ1v) is 13.0. The monoisotopic (exact) mass is 456 g/mol. The maximum atomic E-state index is 13.2. The van der Waals surface area contributed by atoms with E-state index in [4.69, 9.17) is 0 Å². The second-order valence-corrected chi connectivity index (χ2v) is 12.0. The quantitative estimate of drug-likeness (QED) is 0.653. The van der Waals surface area contributed by atoms with Gasteiger partial charge < -0.3 is 4.90 Å². The molecule has 0 amide bonds. The summed E-state index contributed by atoms with van der Waals surface area (Å²) < 4.78 is 77.3. The van der Waals surface area contributed by atoms with Crippen LogP contribution in [0.3, 0.4) is 0 Å². The molecule has 0 saturated carbocycles. The minimum atomic E-state index is -3.94. The van der Waals surface area contributed by atoms with Gasteiger partial charge in [0, 0.05) is 37.9 Å². The smallest absolute Gasteiger partial charge is 0.183 e. The summed E-state index contributed by atoms with van der Waals surface area (Å²) in [5, 5.41) is -1.09. The van der Waals surface area contributed by atoms with Crippen LogP contribution in [0.1, 0.15) is 0 Å². The molecule has 0 radical (unpaired) electrons. The fraction of sp³-hybridized carbons (Fsp3) is 0.400. The average Bonchev–Trinajstić information content (AvgIpc) is 3.05. The number of benzene rings is 2. The predicted molar refractivity (Wildman–Crippen MR) is 110 cm³/mol. The number of sulfone groups is 2. The molecule has 0 unspecified atom stereocenters. The van der Waals surface area contributed by atoms with Gasteiger partial charge in [0.05, 0.1) is 21.7 Å². The number of halogens is 2. The first-order valence-electron chi connectivity index (χ1n) is 9.60. The lowest BCUT2D eigenvalue weighted by Crippen LogP contribution is -2.55. The number of piperazine rings is 1. The zero-order chi connectivity index (χ0) is 21.5. The Morgan fingerprint density at radius 1 is 0.800 bits per heavy atom. The van der Waals surface area contributed by atoms with Crippen LogP contribution in [-0.4, -0.2) is 70.7 Å². The molecule has 30 heavy (non-hydrogen) atoms. The molecule has 0 N–H and O–H groups in total. The molecular formula is C20H22F2N2O4S2. The Bertz CT molecular complexity index is 1110. The van der Waals surface area contributed by atoms with Crippen LogP contribution in [0, 0.1) is 11.6 Å². The van der Waals surface area contributed by atoms with Crippen LogP contribution >= 0.6 is 0 Å². The predicted octanol–water partition coefficient (Wildman–Crippen LogP) is 1.73. The molecule has 2 aromatic carbocycles.